The van der Waals surface area contributed by atoms with Crippen molar-refractivity contribution in [1.82, 2.24) is 4.98 Å². The van der Waals surface area contributed by atoms with E-state index in [1.807, 2.05) is 48.5 Å². The molecule has 0 spiro atoms. The van der Waals surface area contributed by atoms with Gasteiger partial charge in [0.15, 0.2) is 0 Å². The van der Waals surface area contributed by atoms with Gasteiger partial charge in [-0.1, -0.05) is 48.5 Å². The number of benzene rings is 3. The molecule has 3 aromatic carbocycles. The number of nitrogens with zero attached hydrogens (tertiary/aromatic N) is 1. The molecule has 7 nitrogen and oxygen atoms in total. The van der Waals surface area contributed by atoms with Crippen LogP contribution in [-0.4, -0.2) is 32.9 Å². The van der Waals surface area contributed by atoms with Crippen LogP contribution in [0.1, 0.15) is 19.5 Å². The summed E-state index contributed by atoms with van der Waals surface area (Å²) in [5.41, 5.74) is 3.41. The summed E-state index contributed by atoms with van der Waals surface area (Å²) >= 11 is 0. The molecule has 0 aliphatic heterocycles. The molecule has 0 aliphatic rings. The molecule has 1 heterocycles. The van der Waals surface area contributed by atoms with Gasteiger partial charge in [0.25, 0.3) is 0 Å². The highest BCUT2D eigenvalue weighted by molar-refractivity contribution is 7.92. The lowest BCUT2D eigenvalue weighted by Crippen LogP contribution is -2.09. The fourth-order valence-corrected chi connectivity index (χ4v) is 5.78. The van der Waals surface area contributed by atoms with Gasteiger partial charge in [-0.25, -0.2) is 13.4 Å². The summed E-state index contributed by atoms with van der Waals surface area (Å²) in [7, 11) is -6.85. The van der Waals surface area contributed by atoms with Gasteiger partial charge < -0.3 is 9.05 Å². The van der Waals surface area contributed by atoms with Crippen molar-refractivity contribution >= 4 is 51.1 Å². The minimum absolute atomic E-state index is 0.258. The van der Waals surface area contributed by atoms with Crippen LogP contribution in [0.2, 0.25) is 0 Å². The third-order valence-corrected chi connectivity index (χ3v) is 7.60. The van der Waals surface area contributed by atoms with Crippen molar-refractivity contribution in [2.75, 3.05) is 24.2 Å². The number of hydrogen-bond donors (Lipinski definition) is 1. The van der Waals surface area contributed by atoms with Crippen LogP contribution < -0.4 is 4.72 Å². The first-order valence-electron chi connectivity index (χ1n) is 11.2. The van der Waals surface area contributed by atoms with Gasteiger partial charge in [-0.15, -0.1) is 0 Å². The number of fused-ring (bicyclic) bond motifs is 2. The average molecular weight is 511 g/mol. The van der Waals surface area contributed by atoms with Crippen molar-refractivity contribution in [1.29, 1.82) is 0 Å². The summed E-state index contributed by atoms with van der Waals surface area (Å²) in [6, 6.07) is 21.1. The van der Waals surface area contributed by atoms with Crippen molar-refractivity contribution in [3.63, 3.8) is 0 Å². The minimum atomic E-state index is -3.47. The Labute approximate surface area is 205 Å². The van der Waals surface area contributed by atoms with Crippen LogP contribution >= 0.6 is 7.60 Å². The van der Waals surface area contributed by atoms with E-state index in [9.17, 15) is 13.0 Å². The third kappa shape index (κ3) is 5.97. The van der Waals surface area contributed by atoms with Gasteiger partial charge in [0.05, 0.1) is 30.7 Å². The highest BCUT2D eigenvalue weighted by atomic mass is 32.2. The lowest BCUT2D eigenvalue weighted by molar-refractivity contribution is 0.229. The van der Waals surface area contributed by atoms with E-state index in [1.165, 1.54) is 5.82 Å². The lowest BCUT2D eigenvalue weighted by atomic mass is 9.95. The maximum Gasteiger partial charge on any atom is 0.354 e. The fourth-order valence-electron chi connectivity index (χ4n) is 3.93. The molecular formula is C26H27N2O5PS. The summed E-state index contributed by atoms with van der Waals surface area (Å²) in [6.45, 7) is 4.03. The normalized spacial score (nSPS) is 12.5. The molecule has 4 aromatic rings. The fraction of sp³-hybridized carbons (Fsp3) is 0.192. The number of hydrogen-bond acceptors (Lipinski definition) is 6. The van der Waals surface area contributed by atoms with Crippen molar-refractivity contribution in [3.8, 4) is 11.1 Å². The summed E-state index contributed by atoms with van der Waals surface area (Å²) in [5, 5.41) is 2.84. The van der Waals surface area contributed by atoms with Crippen LogP contribution in [-0.2, 0) is 23.6 Å². The van der Waals surface area contributed by atoms with Crippen LogP contribution in [0.25, 0.3) is 38.9 Å². The average Bonchev–Trinajstić information content (AvgIpc) is 2.81. The van der Waals surface area contributed by atoms with Gasteiger partial charge in [0, 0.05) is 22.5 Å². The predicted octanol–water partition coefficient (Wildman–Crippen LogP) is 6.66. The predicted molar refractivity (Wildman–Crippen MR) is 143 cm³/mol. The number of nitrogens with one attached hydrogen (secondary N) is 1. The quantitative estimate of drug-likeness (QED) is 0.253. The third-order valence-electron chi connectivity index (χ3n) is 5.24. The maximum absolute atomic E-state index is 12.8. The Morgan fingerprint density at radius 3 is 2.34 bits per heavy atom. The summed E-state index contributed by atoms with van der Waals surface area (Å²) in [6.07, 6.45) is 2.75. The van der Waals surface area contributed by atoms with E-state index in [4.69, 9.17) is 14.0 Å². The Bertz CT molecular complexity index is 1550. The van der Waals surface area contributed by atoms with Crippen LogP contribution in [0, 0.1) is 0 Å². The van der Waals surface area contributed by atoms with E-state index in [-0.39, 0.29) is 13.2 Å². The molecule has 1 aromatic heterocycles. The molecule has 0 bridgehead atoms. The number of anilines is 1. The van der Waals surface area contributed by atoms with Gasteiger partial charge in [-0.2, -0.15) is 0 Å². The Kier molecular flexibility index (Phi) is 7.38. The van der Waals surface area contributed by atoms with Gasteiger partial charge >= 0.3 is 7.60 Å². The molecule has 0 unspecified atom stereocenters. The molecule has 35 heavy (non-hydrogen) atoms. The molecule has 0 amide bonds. The minimum Gasteiger partial charge on any atom is -0.306 e. The zero-order valence-corrected chi connectivity index (χ0v) is 21.5. The van der Waals surface area contributed by atoms with Crippen LogP contribution in [0.15, 0.2) is 72.5 Å². The molecule has 0 fully saturated rings. The molecule has 1 N–H and O–H groups in total. The van der Waals surface area contributed by atoms with Crippen molar-refractivity contribution < 1.29 is 22.0 Å². The highest BCUT2D eigenvalue weighted by Crippen LogP contribution is 2.50. The first-order valence-corrected chi connectivity index (χ1v) is 14.7. The second-order valence-electron chi connectivity index (χ2n) is 7.92. The molecule has 182 valence electrons. The van der Waals surface area contributed by atoms with Crippen molar-refractivity contribution in [3.05, 3.63) is 78.2 Å². The number of aromatic nitrogens is 1. The second-order valence-corrected chi connectivity index (χ2v) is 11.6. The highest BCUT2D eigenvalue weighted by Gasteiger charge is 2.19. The summed E-state index contributed by atoms with van der Waals surface area (Å²) in [5.74, 6) is 1.42. The van der Waals surface area contributed by atoms with Gasteiger partial charge in [0.2, 0.25) is 10.0 Å². The summed E-state index contributed by atoms with van der Waals surface area (Å²) in [4.78, 5) is 4.82. The van der Waals surface area contributed by atoms with Gasteiger partial charge in [-0.3, -0.25) is 9.29 Å². The number of pyridine rings is 1. The van der Waals surface area contributed by atoms with E-state index in [0.29, 0.717) is 16.9 Å². The molecule has 0 atom stereocenters. The van der Waals surface area contributed by atoms with Crippen LogP contribution in [0.4, 0.5) is 5.69 Å². The number of sulfonamides is 1. The second kappa shape index (κ2) is 10.3. The van der Waals surface area contributed by atoms with Crippen molar-refractivity contribution in [2.24, 2.45) is 0 Å². The zero-order valence-electron chi connectivity index (χ0n) is 19.8. The Morgan fingerprint density at radius 1 is 0.914 bits per heavy atom. The van der Waals surface area contributed by atoms with Crippen LogP contribution in [0.5, 0.6) is 0 Å². The van der Waals surface area contributed by atoms with Crippen LogP contribution in [0.3, 0.4) is 0 Å². The monoisotopic (exact) mass is 510 g/mol. The molecule has 0 radical (unpaired) electrons. The molecule has 9 heteroatoms. The molecular weight excluding hydrogens is 483 g/mol. The maximum atomic E-state index is 12.8. The smallest absolute Gasteiger partial charge is 0.306 e. The van der Waals surface area contributed by atoms with E-state index >= 15 is 0 Å². The number of rotatable bonds is 9. The molecule has 0 saturated heterocycles. The lowest BCUT2D eigenvalue weighted by Gasteiger charge is -2.14. The molecule has 0 aliphatic carbocycles. The summed E-state index contributed by atoms with van der Waals surface area (Å²) < 4.78 is 50.0. The first-order chi connectivity index (χ1) is 16.7. The van der Waals surface area contributed by atoms with E-state index < -0.39 is 17.6 Å². The van der Waals surface area contributed by atoms with E-state index in [0.717, 1.165) is 33.5 Å². The first kappa shape index (κ1) is 25.1. The van der Waals surface area contributed by atoms with E-state index in [2.05, 4.69) is 4.72 Å². The topological polar surface area (TPSA) is 94.6 Å². The Balaban J connectivity index is 1.91. The van der Waals surface area contributed by atoms with Crippen molar-refractivity contribution in [2.45, 2.75) is 13.8 Å². The Morgan fingerprint density at radius 2 is 1.63 bits per heavy atom. The van der Waals surface area contributed by atoms with Gasteiger partial charge in [0.1, 0.15) is 0 Å². The zero-order chi connectivity index (χ0) is 25.1. The molecule has 0 saturated carbocycles. The largest absolute Gasteiger partial charge is 0.354 e. The SMILES string of the molecule is CCOP(=O)(/C=C/c1ccc2cc(NS(C)(=O)=O)cc(-c3cccc4ccccc34)c2n1)OCC. The van der Waals surface area contributed by atoms with Gasteiger partial charge in [-0.05, 0) is 54.5 Å². The Hall–Kier alpha value is -3.03. The van der Waals surface area contributed by atoms with E-state index in [1.54, 1.807) is 38.1 Å². The standard InChI is InChI=1S/C26H27N2O5PS/c1-4-32-34(29,33-5-2)16-15-21-14-13-20-17-22(28-35(3,30)31)18-25(26(20)27-21)24-12-8-10-19-9-6-7-11-23(19)24/h6-18,28H,4-5H2,1-3H3/b16-15+. The molecule has 4 rings (SSSR count).